The van der Waals surface area contributed by atoms with Gasteiger partial charge in [-0.15, -0.1) is 0 Å². The maximum Gasteiger partial charge on any atom is 0.264 e. The molecule has 6 heteroatoms. The summed E-state index contributed by atoms with van der Waals surface area (Å²) in [5, 5.41) is 9.25. The molecule has 1 aromatic rings. The summed E-state index contributed by atoms with van der Waals surface area (Å²) in [5.74, 6) is -0.458. The number of ether oxygens (including phenoxy) is 1. The zero-order valence-electron chi connectivity index (χ0n) is 12.1. The van der Waals surface area contributed by atoms with Crippen LogP contribution in [0.25, 0.3) is 6.08 Å². The smallest absolute Gasteiger partial charge is 0.264 e. The number of likely N-dealkylation sites (tertiary alicyclic amines) is 1. The molecule has 0 bridgehead atoms. The van der Waals surface area contributed by atoms with E-state index < -0.39 is 5.91 Å². The SMILES string of the molecule is N#C/C(=C\c1ccccc1OCC(N)=O)C(=O)N1CCCC1. The number of hydrogen-bond donors (Lipinski definition) is 1. The second-order valence-corrected chi connectivity index (χ2v) is 4.96. The Labute approximate surface area is 128 Å². The van der Waals surface area contributed by atoms with Gasteiger partial charge in [0.2, 0.25) is 0 Å². The minimum absolute atomic E-state index is 0.0528. The summed E-state index contributed by atoms with van der Waals surface area (Å²) in [6.07, 6.45) is 3.41. The Morgan fingerprint density at radius 3 is 2.64 bits per heavy atom. The van der Waals surface area contributed by atoms with Gasteiger partial charge in [-0.25, -0.2) is 0 Å². The monoisotopic (exact) mass is 299 g/mol. The molecule has 6 nitrogen and oxygen atoms in total. The first-order chi connectivity index (χ1) is 10.6. The van der Waals surface area contributed by atoms with Crippen LogP contribution in [0, 0.1) is 11.3 Å². The number of para-hydroxylation sites is 1. The molecule has 2 rings (SSSR count). The van der Waals surface area contributed by atoms with Gasteiger partial charge in [0.15, 0.2) is 6.61 Å². The van der Waals surface area contributed by atoms with E-state index in [1.807, 2.05) is 6.07 Å². The van der Waals surface area contributed by atoms with Crippen molar-refractivity contribution in [3.05, 3.63) is 35.4 Å². The number of amides is 2. The second-order valence-electron chi connectivity index (χ2n) is 4.96. The zero-order chi connectivity index (χ0) is 15.9. The van der Waals surface area contributed by atoms with Gasteiger partial charge in [0.05, 0.1) is 0 Å². The van der Waals surface area contributed by atoms with E-state index >= 15 is 0 Å². The number of rotatable bonds is 5. The van der Waals surface area contributed by atoms with E-state index in [1.54, 1.807) is 29.2 Å². The summed E-state index contributed by atoms with van der Waals surface area (Å²) < 4.78 is 5.30. The van der Waals surface area contributed by atoms with Crippen molar-refractivity contribution in [2.45, 2.75) is 12.8 Å². The third-order valence-corrected chi connectivity index (χ3v) is 3.33. The van der Waals surface area contributed by atoms with E-state index in [0.717, 1.165) is 12.8 Å². The van der Waals surface area contributed by atoms with Crippen molar-refractivity contribution in [1.82, 2.24) is 4.90 Å². The third-order valence-electron chi connectivity index (χ3n) is 3.33. The first kappa shape index (κ1) is 15.6. The Kier molecular flexibility index (Phi) is 5.15. The molecule has 114 valence electrons. The van der Waals surface area contributed by atoms with Crippen molar-refractivity contribution >= 4 is 17.9 Å². The first-order valence-electron chi connectivity index (χ1n) is 7.03. The van der Waals surface area contributed by atoms with Gasteiger partial charge >= 0.3 is 0 Å². The molecule has 2 N–H and O–H groups in total. The minimum Gasteiger partial charge on any atom is -0.483 e. The van der Waals surface area contributed by atoms with Crippen LogP contribution >= 0.6 is 0 Å². The van der Waals surface area contributed by atoms with Crippen molar-refractivity contribution in [3.8, 4) is 11.8 Å². The molecule has 1 aliphatic heterocycles. The summed E-state index contributed by atoms with van der Waals surface area (Å²) >= 11 is 0. The van der Waals surface area contributed by atoms with Crippen LogP contribution in [-0.2, 0) is 9.59 Å². The number of nitrogens with zero attached hydrogens (tertiary/aromatic N) is 2. The lowest BCUT2D eigenvalue weighted by Gasteiger charge is -2.14. The van der Waals surface area contributed by atoms with Crippen LogP contribution < -0.4 is 10.5 Å². The minimum atomic E-state index is -0.590. The van der Waals surface area contributed by atoms with Crippen molar-refractivity contribution in [1.29, 1.82) is 5.26 Å². The fraction of sp³-hybridized carbons (Fsp3) is 0.312. The molecule has 0 unspecified atom stereocenters. The van der Waals surface area contributed by atoms with Crippen LogP contribution in [-0.4, -0.2) is 36.4 Å². The lowest BCUT2D eigenvalue weighted by molar-refractivity contribution is -0.125. The van der Waals surface area contributed by atoms with Crippen LogP contribution in [0.15, 0.2) is 29.8 Å². The van der Waals surface area contributed by atoms with Gasteiger partial charge < -0.3 is 15.4 Å². The number of carbonyl (C=O) groups is 2. The highest BCUT2D eigenvalue weighted by atomic mass is 16.5. The molecule has 1 aliphatic rings. The molecule has 22 heavy (non-hydrogen) atoms. The van der Waals surface area contributed by atoms with Crippen molar-refractivity contribution in [2.75, 3.05) is 19.7 Å². The van der Waals surface area contributed by atoms with Crippen molar-refractivity contribution in [3.63, 3.8) is 0 Å². The van der Waals surface area contributed by atoms with Gasteiger partial charge in [-0.1, -0.05) is 18.2 Å². The maximum atomic E-state index is 12.3. The molecule has 1 fully saturated rings. The average molecular weight is 299 g/mol. The number of nitriles is 1. The van der Waals surface area contributed by atoms with E-state index in [0.29, 0.717) is 24.4 Å². The summed E-state index contributed by atoms with van der Waals surface area (Å²) in [7, 11) is 0. The molecule has 1 aromatic carbocycles. The molecule has 0 aliphatic carbocycles. The zero-order valence-corrected chi connectivity index (χ0v) is 12.1. The molecule has 0 saturated carbocycles. The predicted molar refractivity (Wildman–Crippen MR) is 80.5 cm³/mol. The Morgan fingerprint density at radius 1 is 1.32 bits per heavy atom. The Bertz CT molecular complexity index is 640. The van der Waals surface area contributed by atoms with Crippen molar-refractivity contribution in [2.24, 2.45) is 5.73 Å². The first-order valence-corrected chi connectivity index (χ1v) is 7.03. The number of benzene rings is 1. The van der Waals surface area contributed by atoms with Crippen LogP contribution in [0.4, 0.5) is 0 Å². The van der Waals surface area contributed by atoms with E-state index in [2.05, 4.69) is 0 Å². The largest absolute Gasteiger partial charge is 0.483 e. The predicted octanol–water partition coefficient (Wildman–Crippen LogP) is 1.08. The molecular weight excluding hydrogens is 282 g/mol. The van der Waals surface area contributed by atoms with E-state index in [1.165, 1.54) is 6.08 Å². The molecule has 1 saturated heterocycles. The molecule has 2 amide bonds. The lowest BCUT2D eigenvalue weighted by atomic mass is 10.1. The van der Waals surface area contributed by atoms with Gasteiger partial charge in [0.1, 0.15) is 17.4 Å². The van der Waals surface area contributed by atoms with E-state index in [4.69, 9.17) is 10.5 Å². The molecule has 0 spiro atoms. The molecular formula is C16H17N3O3. The summed E-state index contributed by atoms with van der Waals surface area (Å²) in [6, 6.07) is 8.81. The molecule has 0 radical (unpaired) electrons. The van der Waals surface area contributed by atoms with E-state index in [9.17, 15) is 14.9 Å². The average Bonchev–Trinajstić information content (AvgIpc) is 3.05. The summed E-state index contributed by atoms with van der Waals surface area (Å²) in [5.41, 5.74) is 5.67. The van der Waals surface area contributed by atoms with Gasteiger partial charge in [-0.3, -0.25) is 9.59 Å². The Balaban J connectivity index is 2.23. The van der Waals surface area contributed by atoms with Gasteiger partial charge in [0.25, 0.3) is 11.8 Å². The molecule has 0 aromatic heterocycles. The second kappa shape index (κ2) is 7.27. The van der Waals surface area contributed by atoms with Crippen LogP contribution in [0.3, 0.4) is 0 Å². The highest BCUT2D eigenvalue weighted by Crippen LogP contribution is 2.22. The normalized spacial score (nSPS) is 14.5. The number of hydrogen-bond acceptors (Lipinski definition) is 4. The quantitative estimate of drug-likeness (QED) is 0.650. The molecule has 0 atom stereocenters. The van der Waals surface area contributed by atoms with Gasteiger partial charge in [-0.05, 0) is 25.0 Å². The highest BCUT2D eigenvalue weighted by molar-refractivity contribution is 6.02. The highest BCUT2D eigenvalue weighted by Gasteiger charge is 2.21. The van der Waals surface area contributed by atoms with Gasteiger partial charge in [-0.2, -0.15) is 5.26 Å². The lowest BCUT2D eigenvalue weighted by Crippen LogP contribution is -2.28. The topological polar surface area (TPSA) is 96.4 Å². The maximum absolute atomic E-state index is 12.3. The van der Waals surface area contributed by atoms with Gasteiger partial charge in [0, 0.05) is 18.7 Å². The fourth-order valence-corrected chi connectivity index (χ4v) is 2.27. The Hall–Kier alpha value is -2.81. The Morgan fingerprint density at radius 2 is 2.00 bits per heavy atom. The van der Waals surface area contributed by atoms with Crippen LogP contribution in [0.2, 0.25) is 0 Å². The number of carbonyl (C=O) groups excluding carboxylic acids is 2. The summed E-state index contributed by atoms with van der Waals surface area (Å²) in [4.78, 5) is 24.8. The number of primary amides is 1. The van der Waals surface area contributed by atoms with Crippen LogP contribution in [0.1, 0.15) is 18.4 Å². The van der Waals surface area contributed by atoms with E-state index in [-0.39, 0.29) is 18.1 Å². The fourth-order valence-electron chi connectivity index (χ4n) is 2.27. The number of nitrogens with two attached hydrogens (primary N) is 1. The standard InChI is InChI=1S/C16H17N3O3/c17-10-13(16(21)19-7-3-4-8-19)9-12-5-1-2-6-14(12)22-11-15(18)20/h1-2,5-6,9H,3-4,7-8,11H2,(H2,18,20)/b13-9+. The summed E-state index contributed by atoms with van der Waals surface area (Å²) in [6.45, 7) is 1.10. The van der Waals surface area contributed by atoms with Crippen molar-refractivity contribution < 1.29 is 14.3 Å². The molecule has 1 heterocycles. The van der Waals surface area contributed by atoms with Crippen LogP contribution in [0.5, 0.6) is 5.75 Å². The third kappa shape index (κ3) is 3.85.